The molecule has 2 amide bonds. The standard InChI is InChI=1S/C24H29N3O7S/c1-4-5-12-25-24(30)26-17-7-9-18(10-8-17)35(31,32)27-15-16(6-11-23(28)29)19-13-21(33-2)22(34-3)14-20(19)27/h7-10,13-15H,4-6,11-12H2,1-3H3,(H,28,29)(H2,25,26,30). The number of carbonyl (C=O) groups excluding carboxylic acids is 1. The number of hydrogen-bond donors (Lipinski definition) is 3. The second kappa shape index (κ2) is 11.1. The zero-order chi connectivity index (χ0) is 25.6. The van der Waals surface area contributed by atoms with Crippen LogP contribution in [0.1, 0.15) is 31.7 Å². The van der Waals surface area contributed by atoms with Crippen LogP contribution in [-0.2, 0) is 21.2 Å². The van der Waals surface area contributed by atoms with Gasteiger partial charge in [0.2, 0.25) is 0 Å². The molecular formula is C24H29N3O7S. The third-order valence-electron chi connectivity index (χ3n) is 5.45. The van der Waals surface area contributed by atoms with E-state index in [0.717, 1.165) is 16.8 Å². The number of nitrogens with zero attached hydrogens (tertiary/aromatic N) is 1. The summed E-state index contributed by atoms with van der Waals surface area (Å²) in [6.07, 6.45) is 3.22. The Bertz CT molecular complexity index is 1320. The van der Waals surface area contributed by atoms with Gasteiger partial charge in [-0.25, -0.2) is 17.2 Å². The summed E-state index contributed by atoms with van der Waals surface area (Å²) in [6, 6.07) is 8.64. The molecule has 0 bridgehead atoms. The minimum Gasteiger partial charge on any atom is -0.493 e. The predicted octanol–water partition coefficient (Wildman–Crippen LogP) is 3.83. The van der Waals surface area contributed by atoms with Crippen LogP contribution in [0.25, 0.3) is 10.9 Å². The van der Waals surface area contributed by atoms with E-state index < -0.39 is 16.0 Å². The van der Waals surface area contributed by atoms with Gasteiger partial charge in [0.25, 0.3) is 10.0 Å². The highest BCUT2D eigenvalue weighted by Crippen LogP contribution is 2.36. The van der Waals surface area contributed by atoms with Crippen LogP contribution < -0.4 is 20.1 Å². The van der Waals surface area contributed by atoms with E-state index in [1.807, 2.05) is 6.92 Å². The number of benzene rings is 2. The molecule has 10 nitrogen and oxygen atoms in total. The number of methoxy groups -OCH3 is 2. The first-order valence-electron chi connectivity index (χ1n) is 11.1. The fourth-order valence-electron chi connectivity index (χ4n) is 3.61. The first-order valence-corrected chi connectivity index (χ1v) is 12.5. The van der Waals surface area contributed by atoms with Crippen molar-refractivity contribution in [2.75, 3.05) is 26.1 Å². The van der Waals surface area contributed by atoms with E-state index in [1.165, 1.54) is 44.7 Å². The van der Waals surface area contributed by atoms with Crippen molar-refractivity contribution in [2.45, 2.75) is 37.5 Å². The smallest absolute Gasteiger partial charge is 0.319 e. The van der Waals surface area contributed by atoms with Crippen LogP contribution >= 0.6 is 0 Å². The van der Waals surface area contributed by atoms with Crippen molar-refractivity contribution in [1.82, 2.24) is 9.29 Å². The summed E-state index contributed by atoms with van der Waals surface area (Å²) < 4.78 is 38.9. The molecule has 0 aliphatic rings. The highest BCUT2D eigenvalue weighted by atomic mass is 32.2. The van der Waals surface area contributed by atoms with Gasteiger partial charge in [-0.2, -0.15) is 0 Å². The van der Waals surface area contributed by atoms with Crippen molar-refractivity contribution in [3.8, 4) is 11.5 Å². The number of aliphatic carboxylic acids is 1. The third kappa shape index (κ3) is 5.86. The summed E-state index contributed by atoms with van der Waals surface area (Å²) in [4.78, 5) is 23.1. The quantitative estimate of drug-likeness (QED) is 0.338. The number of nitrogens with one attached hydrogen (secondary N) is 2. The second-order valence-electron chi connectivity index (χ2n) is 7.83. The molecule has 0 aliphatic heterocycles. The van der Waals surface area contributed by atoms with E-state index in [2.05, 4.69) is 10.6 Å². The number of amides is 2. The Kier molecular flexibility index (Phi) is 8.23. The van der Waals surface area contributed by atoms with Gasteiger partial charge in [0.1, 0.15) is 0 Å². The van der Waals surface area contributed by atoms with E-state index in [0.29, 0.717) is 40.2 Å². The molecule has 1 heterocycles. The normalized spacial score (nSPS) is 11.3. The summed E-state index contributed by atoms with van der Waals surface area (Å²) >= 11 is 0. The highest BCUT2D eigenvalue weighted by molar-refractivity contribution is 7.90. The molecule has 0 saturated heterocycles. The number of aryl methyl sites for hydroxylation is 1. The molecule has 0 spiro atoms. The largest absolute Gasteiger partial charge is 0.493 e. The molecule has 3 aromatic rings. The molecule has 188 valence electrons. The van der Waals surface area contributed by atoms with Gasteiger partial charge >= 0.3 is 12.0 Å². The van der Waals surface area contributed by atoms with Gasteiger partial charge in [0.05, 0.1) is 24.6 Å². The van der Waals surface area contributed by atoms with Crippen molar-refractivity contribution >= 4 is 38.6 Å². The molecule has 0 aliphatic carbocycles. The number of hydrogen-bond acceptors (Lipinski definition) is 6. The van der Waals surface area contributed by atoms with Crippen LogP contribution in [0, 0.1) is 0 Å². The van der Waals surface area contributed by atoms with E-state index in [4.69, 9.17) is 14.6 Å². The lowest BCUT2D eigenvalue weighted by atomic mass is 10.1. The minimum atomic E-state index is -4.05. The molecule has 0 unspecified atom stereocenters. The Balaban J connectivity index is 1.98. The average Bonchev–Trinajstić information content (AvgIpc) is 3.20. The molecule has 1 aromatic heterocycles. The minimum absolute atomic E-state index is 0.00547. The number of ether oxygens (including phenoxy) is 2. The Labute approximate surface area is 203 Å². The van der Waals surface area contributed by atoms with Gasteiger partial charge in [-0.15, -0.1) is 0 Å². The number of carboxylic acid groups (broad SMARTS) is 1. The maximum absolute atomic E-state index is 13.5. The summed E-state index contributed by atoms with van der Waals surface area (Å²) in [5.74, 6) is -0.247. The zero-order valence-corrected chi connectivity index (χ0v) is 20.6. The van der Waals surface area contributed by atoms with Crippen LogP contribution in [0.2, 0.25) is 0 Å². The van der Waals surface area contributed by atoms with Crippen LogP contribution in [-0.4, -0.2) is 50.3 Å². The number of rotatable bonds is 11. The summed E-state index contributed by atoms with van der Waals surface area (Å²) in [5, 5.41) is 15.1. The lowest BCUT2D eigenvalue weighted by Crippen LogP contribution is -2.29. The molecule has 0 fully saturated rings. The number of carboxylic acids is 1. The van der Waals surface area contributed by atoms with Gasteiger partial charge < -0.3 is 25.2 Å². The number of carbonyl (C=O) groups is 2. The topological polar surface area (TPSA) is 136 Å². The van der Waals surface area contributed by atoms with Crippen LogP contribution in [0.15, 0.2) is 47.5 Å². The number of anilines is 1. The van der Waals surface area contributed by atoms with Crippen LogP contribution in [0.5, 0.6) is 11.5 Å². The lowest BCUT2D eigenvalue weighted by Gasteiger charge is -2.12. The van der Waals surface area contributed by atoms with Crippen molar-refractivity contribution in [3.05, 3.63) is 48.2 Å². The van der Waals surface area contributed by atoms with Crippen LogP contribution in [0.3, 0.4) is 0 Å². The molecule has 0 saturated carbocycles. The lowest BCUT2D eigenvalue weighted by molar-refractivity contribution is -0.136. The van der Waals surface area contributed by atoms with Gasteiger partial charge in [-0.1, -0.05) is 13.3 Å². The van der Waals surface area contributed by atoms with E-state index in [9.17, 15) is 18.0 Å². The Morgan fingerprint density at radius 2 is 1.71 bits per heavy atom. The summed E-state index contributed by atoms with van der Waals surface area (Å²) in [5.41, 5.74) is 1.33. The van der Waals surface area contributed by atoms with Crippen molar-refractivity contribution in [3.63, 3.8) is 0 Å². The first kappa shape index (κ1) is 25.9. The molecule has 11 heteroatoms. The SMILES string of the molecule is CCCCNC(=O)Nc1ccc(S(=O)(=O)n2cc(CCC(=O)O)c3cc(OC)c(OC)cc32)cc1. The number of urea groups is 1. The third-order valence-corrected chi connectivity index (χ3v) is 7.14. The van der Waals surface area contributed by atoms with Gasteiger partial charge in [-0.05, 0) is 48.7 Å². The van der Waals surface area contributed by atoms with E-state index in [-0.39, 0.29) is 23.8 Å². The van der Waals surface area contributed by atoms with Gasteiger partial charge in [-0.3, -0.25) is 4.79 Å². The summed E-state index contributed by atoms with van der Waals surface area (Å²) in [6.45, 7) is 2.57. The van der Waals surface area contributed by atoms with E-state index >= 15 is 0 Å². The van der Waals surface area contributed by atoms with Crippen molar-refractivity contribution < 1.29 is 32.6 Å². The molecule has 0 atom stereocenters. The maximum atomic E-state index is 13.5. The van der Waals surface area contributed by atoms with Gasteiger partial charge in [0, 0.05) is 36.3 Å². The number of unbranched alkanes of at least 4 members (excludes halogenated alkanes) is 1. The first-order chi connectivity index (χ1) is 16.7. The molecule has 35 heavy (non-hydrogen) atoms. The zero-order valence-electron chi connectivity index (χ0n) is 19.8. The molecular weight excluding hydrogens is 474 g/mol. The fraction of sp³-hybridized carbons (Fsp3) is 0.333. The van der Waals surface area contributed by atoms with Crippen molar-refractivity contribution in [1.29, 1.82) is 0 Å². The average molecular weight is 504 g/mol. The highest BCUT2D eigenvalue weighted by Gasteiger charge is 2.23. The molecule has 3 rings (SSSR count). The van der Waals surface area contributed by atoms with Crippen LogP contribution in [0.4, 0.5) is 10.5 Å². The number of fused-ring (bicyclic) bond motifs is 1. The van der Waals surface area contributed by atoms with Gasteiger partial charge in [0.15, 0.2) is 11.5 Å². The molecule has 0 radical (unpaired) electrons. The predicted molar refractivity (Wildman–Crippen MR) is 132 cm³/mol. The number of aromatic nitrogens is 1. The second-order valence-corrected chi connectivity index (χ2v) is 9.65. The van der Waals surface area contributed by atoms with E-state index in [1.54, 1.807) is 12.1 Å². The van der Waals surface area contributed by atoms with Crippen molar-refractivity contribution in [2.24, 2.45) is 0 Å². The molecule has 3 N–H and O–H groups in total. The Morgan fingerprint density at radius 3 is 2.31 bits per heavy atom. The Hall–Kier alpha value is -3.73. The maximum Gasteiger partial charge on any atom is 0.319 e. The molecule has 2 aromatic carbocycles. The Morgan fingerprint density at radius 1 is 1.06 bits per heavy atom. The summed E-state index contributed by atoms with van der Waals surface area (Å²) in [7, 11) is -1.13. The fourth-order valence-corrected chi connectivity index (χ4v) is 4.99. The monoisotopic (exact) mass is 503 g/mol.